The van der Waals surface area contributed by atoms with Gasteiger partial charge < -0.3 is 0 Å². The number of amides is 1. The number of rotatable bonds is 5. The molecule has 0 unspecified atom stereocenters. The molecule has 2 atom stereocenters. The first kappa shape index (κ1) is 17.8. The van der Waals surface area contributed by atoms with Crippen molar-refractivity contribution in [1.29, 1.82) is 0 Å². The second-order valence-electron chi connectivity index (χ2n) is 7.66. The Morgan fingerprint density at radius 3 is 2.81 bits per heavy atom. The molecular formula is C17H22N6OS2. The quantitative estimate of drug-likeness (QED) is 0.784. The molecule has 0 saturated heterocycles. The van der Waals surface area contributed by atoms with Gasteiger partial charge in [0.05, 0.1) is 17.1 Å². The minimum absolute atomic E-state index is 0.0453. The highest BCUT2D eigenvalue weighted by Gasteiger charge is 2.61. The van der Waals surface area contributed by atoms with Crippen molar-refractivity contribution in [1.82, 2.24) is 25.4 Å². The lowest BCUT2D eigenvalue weighted by Crippen LogP contribution is -2.32. The van der Waals surface area contributed by atoms with Gasteiger partial charge in [-0.15, -0.1) is 15.3 Å². The lowest BCUT2D eigenvalue weighted by atomic mass is 9.70. The third-order valence-electron chi connectivity index (χ3n) is 6.12. The van der Waals surface area contributed by atoms with Crippen LogP contribution in [-0.4, -0.2) is 37.0 Å². The van der Waals surface area contributed by atoms with E-state index in [1.54, 1.807) is 0 Å². The molecule has 0 spiro atoms. The zero-order valence-electron chi connectivity index (χ0n) is 15.4. The van der Waals surface area contributed by atoms with Gasteiger partial charge in [-0.2, -0.15) is 5.10 Å². The highest BCUT2D eigenvalue weighted by molar-refractivity contribution is 7.99. The second-order valence-corrected chi connectivity index (χ2v) is 9.67. The summed E-state index contributed by atoms with van der Waals surface area (Å²) in [5.41, 5.74) is 2.34. The van der Waals surface area contributed by atoms with Gasteiger partial charge in [0, 0.05) is 11.3 Å². The zero-order valence-corrected chi connectivity index (χ0v) is 17.0. The van der Waals surface area contributed by atoms with Crippen LogP contribution in [0.3, 0.4) is 0 Å². The van der Waals surface area contributed by atoms with Gasteiger partial charge in [0.2, 0.25) is 16.2 Å². The number of hydrogen-bond donors (Lipinski definition) is 1. The lowest BCUT2D eigenvalue weighted by molar-refractivity contribution is -0.113. The Hall–Kier alpha value is -1.61. The molecule has 9 heteroatoms. The van der Waals surface area contributed by atoms with E-state index in [1.165, 1.54) is 23.1 Å². The lowest BCUT2D eigenvalue weighted by Gasteiger charge is -2.33. The fourth-order valence-electron chi connectivity index (χ4n) is 4.16. The smallest absolute Gasteiger partial charge is 0.236 e. The van der Waals surface area contributed by atoms with Crippen LogP contribution in [0.2, 0.25) is 0 Å². The SMILES string of the molecule is CCc1nnc(NC(=O)CSc2nnc3c(n2)[C@@]2(C)CC[C@@H]3C2(C)C)s1. The zero-order chi connectivity index (χ0) is 18.5. The van der Waals surface area contributed by atoms with Crippen LogP contribution in [-0.2, 0) is 16.6 Å². The number of carbonyl (C=O) groups is 1. The molecule has 1 N–H and O–H groups in total. The van der Waals surface area contributed by atoms with E-state index in [1.807, 2.05) is 6.92 Å². The molecule has 1 amide bonds. The Bertz CT molecular complexity index is 867. The standard InChI is InChI=1S/C17H22N6OS2/c1-5-11-20-23-15(26-11)18-10(24)8-25-14-19-13-12(21-22-14)9-6-7-17(13,4)16(9,2)3/h9H,5-8H2,1-4H3,(H,18,23,24)/t9-,17+/m0/s1. The topological polar surface area (TPSA) is 93.6 Å². The third-order valence-corrected chi connectivity index (χ3v) is 7.94. The Kier molecular flexibility index (Phi) is 4.26. The molecule has 4 rings (SSSR count). The average molecular weight is 391 g/mol. The highest BCUT2D eigenvalue weighted by atomic mass is 32.2. The Morgan fingerprint density at radius 1 is 1.27 bits per heavy atom. The van der Waals surface area contributed by atoms with Crippen molar-refractivity contribution in [2.45, 2.75) is 63.4 Å². The number of aryl methyl sites for hydroxylation is 1. The van der Waals surface area contributed by atoms with Crippen molar-refractivity contribution < 1.29 is 4.79 Å². The molecule has 2 heterocycles. The molecule has 2 bridgehead atoms. The van der Waals surface area contributed by atoms with Crippen molar-refractivity contribution in [2.75, 3.05) is 11.1 Å². The Morgan fingerprint density at radius 2 is 2.08 bits per heavy atom. The third kappa shape index (κ3) is 2.63. The summed E-state index contributed by atoms with van der Waals surface area (Å²) >= 11 is 2.71. The first-order chi connectivity index (χ1) is 12.3. The van der Waals surface area contributed by atoms with E-state index in [4.69, 9.17) is 4.98 Å². The van der Waals surface area contributed by atoms with E-state index in [9.17, 15) is 4.79 Å². The predicted octanol–water partition coefficient (Wildman–Crippen LogP) is 3.19. The average Bonchev–Trinajstić information content (AvgIpc) is 3.20. The monoisotopic (exact) mass is 390 g/mol. The van der Waals surface area contributed by atoms with Crippen LogP contribution >= 0.6 is 23.1 Å². The van der Waals surface area contributed by atoms with Crippen molar-refractivity contribution in [2.24, 2.45) is 5.41 Å². The van der Waals surface area contributed by atoms with Crippen LogP contribution in [0.5, 0.6) is 0 Å². The van der Waals surface area contributed by atoms with E-state index >= 15 is 0 Å². The largest absolute Gasteiger partial charge is 0.300 e. The minimum atomic E-state index is -0.133. The molecule has 1 saturated carbocycles. The molecule has 7 nitrogen and oxygen atoms in total. The normalized spacial score (nSPS) is 25.3. The van der Waals surface area contributed by atoms with Crippen LogP contribution in [0.15, 0.2) is 5.16 Å². The van der Waals surface area contributed by atoms with Crippen molar-refractivity contribution in [3.05, 3.63) is 16.4 Å². The number of thioether (sulfide) groups is 1. The Labute approximate surface area is 160 Å². The molecule has 0 radical (unpaired) electrons. The maximum atomic E-state index is 12.1. The summed E-state index contributed by atoms with van der Waals surface area (Å²) in [6.07, 6.45) is 3.11. The van der Waals surface area contributed by atoms with Gasteiger partial charge in [0.25, 0.3) is 0 Å². The molecule has 2 aliphatic carbocycles. The summed E-state index contributed by atoms with van der Waals surface area (Å²) in [6.45, 7) is 8.91. The number of nitrogens with zero attached hydrogens (tertiary/aromatic N) is 5. The Balaban J connectivity index is 1.44. The molecular weight excluding hydrogens is 368 g/mol. The maximum Gasteiger partial charge on any atom is 0.236 e. The number of nitrogens with one attached hydrogen (secondary N) is 1. The first-order valence-corrected chi connectivity index (χ1v) is 10.7. The van der Waals surface area contributed by atoms with Crippen molar-refractivity contribution in [3.63, 3.8) is 0 Å². The van der Waals surface area contributed by atoms with E-state index in [0.717, 1.165) is 35.7 Å². The van der Waals surface area contributed by atoms with Crippen molar-refractivity contribution in [3.8, 4) is 0 Å². The number of anilines is 1. The van der Waals surface area contributed by atoms with E-state index in [0.29, 0.717) is 16.2 Å². The molecule has 2 aromatic heterocycles. The van der Waals surface area contributed by atoms with Gasteiger partial charge in [-0.05, 0) is 24.7 Å². The summed E-state index contributed by atoms with van der Waals surface area (Å²) in [7, 11) is 0. The van der Waals surface area contributed by atoms with Crippen molar-refractivity contribution >= 4 is 34.1 Å². The van der Waals surface area contributed by atoms with Gasteiger partial charge in [0.15, 0.2) is 0 Å². The molecule has 2 aliphatic rings. The van der Waals surface area contributed by atoms with Crippen LogP contribution in [0, 0.1) is 5.41 Å². The molecule has 0 aromatic carbocycles. The number of fused-ring (bicyclic) bond motifs is 5. The van der Waals surface area contributed by atoms with E-state index < -0.39 is 0 Å². The highest BCUT2D eigenvalue weighted by Crippen LogP contribution is 2.66. The molecule has 1 fully saturated rings. The van der Waals surface area contributed by atoms with Crippen LogP contribution in [0.25, 0.3) is 0 Å². The second kappa shape index (κ2) is 6.23. The number of hydrogen-bond acceptors (Lipinski definition) is 8. The van der Waals surface area contributed by atoms with Gasteiger partial charge in [-0.3, -0.25) is 10.1 Å². The van der Waals surface area contributed by atoms with E-state index in [-0.39, 0.29) is 22.5 Å². The molecule has 0 aliphatic heterocycles. The number of aromatic nitrogens is 5. The van der Waals surface area contributed by atoms with Gasteiger partial charge in [-0.1, -0.05) is 50.8 Å². The summed E-state index contributed by atoms with van der Waals surface area (Å²) < 4.78 is 0. The molecule has 26 heavy (non-hydrogen) atoms. The molecule has 138 valence electrons. The summed E-state index contributed by atoms with van der Waals surface area (Å²) in [4.78, 5) is 16.9. The predicted molar refractivity (Wildman–Crippen MR) is 102 cm³/mol. The summed E-state index contributed by atoms with van der Waals surface area (Å²) in [5.74, 6) is 0.534. The van der Waals surface area contributed by atoms with Gasteiger partial charge in [-0.25, -0.2) is 4.98 Å². The van der Waals surface area contributed by atoms with Gasteiger partial charge >= 0.3 is 0 Å². The van der Waals surface area contributed by atoms with Crippen LogP contribution in [0.1, 0.15) is 62.8 Å². The maximum absolute atomic E-state index is 12.1. The molecule has 2 aromatic rings. The van der Waals surface area contributed by atoms with Crippen LogP contribution < -0.4 is 5.32 Å². The first-order valence-electron chi connectivity index (χ1n) is 8.85. The number of carbonyl (C=O) groups excluding carboxylic acids is 1. The minimum Gasteiger partial charge on any atom is -0.300 e. The summed E-state index contributed by atoms with van der Waals surface area (Å²) in [6, 6.07) is 0. The van der Waals surface area contributed by atoms with Crippen LogP contribution in [0.4, 0.5) is 5.13 Å². The van der Waals surface area contributed by atoms with Gasteiger partial charge in [0.1, 0.15) is 5.01 Å². The fraction of sp³-hybridized carbons (Fsp3) is 0.647. The fourth-order valence-corrected chi connectivity index (χ4v) is 5.44. The summed E-state index contributed by atoms with van der Waals surface area (Å²) in [5, 5.41) is 21.5. The van der Waals surface area contributed by atoms with E-state index in [2.05, 4.69) is 46.5 Å².